The molecule has 7 nitrogen and oxygen atoms in total. The maximum Gasteiger partial charge on any atom is 0.496 e. The zero-order valence-corrected chi connectivity index (χ0v) is 19.6. The van der Waals surface area contributed by atoms with E-state index in [2.05, 4.69) is 5.32 Å². The van der Waals surface area contributed by atoms with E-state index in [1.165, 1.54) is 6.07 Å². The maximum absolute atomic E-state index is 13.3. The molecule has 0 aromatic heterocycles. The van der Waals surface area contributed by atoms with Crippen LogP contribution >= 0.6 is 0 Å². The fourth-order valence-corrected chi connectivity index (χ4v) is 4.12. The third-order valence-electron chi connectivity index (χ3n) is 5.21. The molecule has 1 aliphatic rings. The smallest absolute Gasteiger partial charge is 0.447 e. The number of amides is 1. The van der Waals surface area contributed by atoms with Crippen molar-refractivity contribution in [3.8, 4) is 0 Å². The quantitative estimate of drug-likeness (QED) is 0.743. The zero-order chi connectivity index (χ0) is 22.4. The van der Waals surface area contributed by atoms with Crippen LogP contribution in [0.4, 0.5) is 10.5 Å². The highest BCUT2D eigenvalue weighted by Crippen LogP contribution is 2.37. The van der Waals surface area contributed by atoms with Gasteiger partial charge in [0.2, 0.25) is 0 Å². The maximum atomic E-state index is 13.3. The SMILES string of the molecule is CC(C)OC(=O)Nc1ccc(B2OC(C)(C)C(C)(C)O2)c(S(=O)(=O)C(C)(C)C)c1. The molecule has 0 bridgehead atoms. The van der Waals surface area contributed by atoms with Gasteiger partial charge in [-0.05, 0) is 74.4 Å². The van der Waals surface area contributed by atoms with E-state index in [-0.39, 0.29) is 11.0 Å². The summed E-state index contributed by atoms with van der Waals surface area (Å²) in [6.45, 7) is 16.0. The van der Waals surface area contributed by atoms with Gasteiger partial charge in [-0.2, -0.15) is 0 Å². The first-order chi connectivity index (χ1) is 13.0. The van der Waals surface area contributed by atoms with Crippen molar-refractivity contribution in [1.29, 1.82) is 0 Å². The van der Waals surface area contributed by atoms with E-state index in [1.54, 1.807) is 46.8 Å². The van der Waals surface area contributed by atoms with Gasteiger partial charge in [0.05, 0.1) is 26.9 Å². The van der Waals surface area contributed by atoms with E-state index in [0.717, 1.165) is 0 Å². The minimum Gasteiger partial charge on any atom is -0.447 e. The van der Waals surface area contributed by atoms with Crippen LogP contribution in [0.1, 0.15) is 62.3 Å². The van der Waals surface area contributed by atoms with E-state index < -0.39 is 39.0 Å². The largest absolute Gasteiger partial charge is 0.496 e. The summed E-state index contributed by atoms with van der Waals surface area (Å²) in [7, 11) is -4.60. The highest BCUT2D eigenvalue weighted by Gasteiger charge is 2.53. The van der Waals surface area contributed by atoms with E-state index in [1.807, 2.05) is 27.7 Å². The first kappa shape index (κ1) is 23.7. The summed E-state index contributed by atoms with van der Waals surface area (Å²) in [6.07, 6.45) is -0.945. The molecule has 0 atom stereocenters. The average Bonchev–Trinajstić information content (AvgIpc) is 2.73. The Balaban J connectivity index is 2.54. The average molecular weight is 425 g/mol. The lowest BCUT2D eigenvalue weighted by Gasteiger charge is -2.32. The van der Waals surface area contributed by atoms with Crippen LogP contribution in [0.25, 0.3) is 0 Å². The van der Waals surface area contributed by atoms with Crippen molar-refractivity contribution in [3.63, 3.8) is 0 Å². The Morgan fingerprint density at radius 3 is 2.07 bits per heavy atom. The minimum atomic E-state index is -3.75. The van der Waals surface area contributed by atoms with Gasteiger partial charge in [-0.1, -0.05) is 6.07 Å². The van der Waals surface area contributed by atoms with Crippen LogP contribution in [0, 0.1) is 0 Å². The molecule has 1 aromatic carbocycles. The van der Waals surface area contributed by atoms with Gasteiger partial charge >= 0.3 is 13.2 Å². The van der Waals surface area contributed by atoms with Crippen LogP contribution in [-0.2, 0) is 23.9 Å². The van der Waals surface area contributed by atoms with Gasteiger partial charge in [0.1, 0.15) is 0 Å². The van der Waals surface area contributed by atoms with Crippen molar-refractivity contribution in [2.24, 2.45) is 0 Å². The summed E-state index contributed by atoms with van der Waals surface area (Å²) >= 11 is 0. The monoisotopic (exact) mass is 425 g/mol. The van der Waals surface area contributed by atoms with Crippen LogP contribution in [0.15, 0.2) is 23.1 Å². The van der Waals surface area contributed by atoms with Gasteiger partial charge in [0.15, 0.2) is 9.84 Å². The summed E-state index contributed by atoms with van der Waals surface area (Å²) in [6, 6.07) is 4.66. The molecule has 162 valence electrons. The predicted molar refractivity (Wildman–Crippen MR) is 114 cm³/mol. The highest BCUT2D eigenvalue weighted by atomic mass is 32.2. The van der Waals surface area contributed by atoms with Crippen LogP contribution in [0.2, 0.25) is 0 Å². The van der Waals surface area contributed by atoms with Crippen LogP contribution in [0.5, 0.6) is 0 Å². The Labute approximate surface area is 174 Å². The molecule has 0 spiro atoms. The lowest BCUT2D eigenvalue weighted by Crippen LogP contribution is -2.41. The third kappa shape index (κ3) is 4.78. The number of hydrogen-bond acceptors (Lipinski definition) is 6. The second-order valence-electron chi connectivity index (χ2n) is 9.54. The Bertz CT molecular complexity index is 871. The molecule has 2 rings (SSSR count). The van der Waals surface area contributed by atoms with E-state index in [4.69, 9.17) is 14.0 Å². The van der Waals surface area contributed by atoms with Crippen LogP contribution in [0.3, 0.4) is 0 Å². The molecule has 0 saturated carbocycles. The summed E-state index contributed by atoms with van der Waals surface area (Å²) in [4.78, 5) is 12.0. The molecule has 9 heteroatoms. The second-order valence-corrected chi connectivity index (χ2v) is 12.2. The highest BCUT2D eigenvalue weighted by molar-refractivity contribution is 7.93. The van der Waals surface area contributed by atoms with E-state index in [0.29, 0.717) is 11.2 Å². The molecular formula is C20H32BNO6S. The van der Waals surface area contributed by atoms with Gasteiger partial charge in [0, 0.05) is 11.2 Å². The number of nitrogens with one attached hydrogen (secondary N) is 1. The van der Waals surface area contributed by atoms with Gasteiger partial charge in [-0.3, -0.25) is 5.32 Å². The number of carbonyl (C=O) groups excluding carboxylic acids is 1. The Kier molecular flexibility index (Phi) is 6.21. The minimum absolute atomic E-state index is 0.0610. The second kappa shape index (κ2) is 7.59. The molecule has 1 N–H and O–H groups in total. The number of sulfone groups is 1. The van der Waals surface area contributed by atoms with Crippen molar-refractivity contribution in [2.75, 3.05) is 5.32 Å². The lowest BCUT2D eigenvalue weighted by atomic mass is 9.79. The number of hydrogen-bond donors (Lipinski definition) is 1. The number of ether oxygens (including phenoxy) is 1. The van der Waals surface area contributed by atoms with E-state index in [9.17, 15) is 13.2 Å². The Hall–Kier alpha value is -1.58. The predicted octanol–water partition coefficient (Wildman–Crippen LogP) is 3.51. The molecule has 1 heterocycles. The van der Waals surface area contributed by atoms with E-state index >= 15 is 0 Å². The van der Waals surface area contributed by atoms with Crippen LogP contribution in [-0.4, -0.2) is 43.7 Å². The van der Waals surface area contributed by atoms with Crippen molar-refractivity contribution in [2.45, 2.75) is 89.3 Å². The first-order valence-corrected chi connectivity index (χ1v) is 11.2. The van der Waals surface area contributed by atoms with Gasteiger partial charge in [-0.15, -0.1) is 0 Å². The van der Waals surface area contributed by atoms with Crippen LogP contribution < -0.4 is 10.8 Å². The Morgan fingerprint density at radius 1 is 1.10 bits per heavy atom. The lowest BCUT2D eigenvalue weighted by molar-refractivity contribution is 0.00578. The van der Waals surface area contributed by atoms with Gasteiger partial charge < -0.3 is 14.0 Å². The molecule has 1 aromatic rings. The molecule has 1 saturated heterocycles. The molecule has 0 unspecified atom stereocenters. The van der Waals surface area contributed by atoms with Crippen molar-refractivity contribution < 1.29 is 27.3 Å². The fraction of sp³-hybridized carbons (Fsp3) is 0.650. The number of carbonyl (C=O) groups is 1. The normalized spacial score (nSPS) is 18.8. The standard InChI is InChI=1S/C20H32BNO6S/c1-13(2)26-17(23)22-14-10-11-15(16(12-14)29(24,25)18(3,4)5)21-27-19(6,7)20(8,9)28-21/h10-13H,1-9H3,(H,22,23). The molecule has 0 aliphatic carbocycles. The molecule has 0 radical (unpaired) electrons. The number of rotatable bonds is 4. The zero-order valence-electron chi connectivity index (χ0n) is 18.7. The molecular weight excluding hydrogens is 393 g/mol. The van der Waals surface area contributed by atoms with Crippen molar-refractivity contribution in [3.05, 3.63) is 18.2 Å². The van der Waals surface area contributed by atoms with Crippen molar-refractivity contribution in [1.82, 2.24) is 0 Å². The molecule has 1 fully saturated rings. The number of anilines is 1. The molecule has 1 aliphatic heterocycles. The Morgan fingerprint density at radius 2 is 1.62 bits per heavy atom. The molecule has 29 heavy (non-hydrogen) atoms. The summed E-state index contributed by atoms with van der Waals surface area (Å²) in [5.41, 5.74) is -0.503. The van der Waals surface area contributed by atoms with Gasteiger partial charge in [0.25, 0.3) is 0 Å². The van der Waals surface area contributed by atoms with Crippen molar-refractivity contribution >= 4 is 34.2 Å². The topological polar surface area (TPSA) is 90.9 Å². The van der Waals surface area contributed by atoms with Gasteiger partial charge in [-0.25, -0.2) is 13.2 Å². The molecule has 1 amide bonds. The summed E-state index contributed by atoms with van der Waals surface area (Å²) in [5, 5.41) is 2.58. The summed E-state index contributed by atoms with van der Waals surface area (Å²) < 4.78 is 42.8. The third-order valence-corrected chi connectivity index (χ3v) is 7.75. The number of benzene rings is 1. The first-order valence-electron chi connectivity index (χ1n) is 9.70. The fourth-order valence-electron chi connectivity index (χ4n) is 2.70. The summed E-state index contributed by atoms with van der Waals surface area (Å²) in [5.74, 6) is 0.